The van der Waals surface area contributed by atoms with Crippen LogP contribution in [0, 0.1) is 13.8 Å². The maximum atomic E-state index is 12.6. The fourth-order valence-corrected chi connectivity index (χ4v) is 4.10. The van der Waals surface area contributed by atoms with Crippen molar-refractivity contribution in [3.63, 3.8) is 0 Å². The van der Waals surface area contributed by atoms with Crippen LogP contribution in [0.2, 0.25) is 0 Å². The number of carbonyl (C=O) groups excluding carboxylic acids is 1. The molecule has 0 atom stereocenters. The SMILES string of the molecule is Cc1ccc(-n2cnnc2SCC(=O)N2CCCCCCC2)c(C)c1. The average molecular weight is 359 g/mol. The van der Waals surface area contributed by atoms with Gasteiger partial charge in [0.25, 0.3) is 0 Å². The molecule has 0 unspecified atom stereocenters. The van der Waals surface area contributed by atoms with Gasteiger partial charge in [0.05, 0.1) is 11.4 Å². The first-order chi connectivity index (χ1) is 12.1. The zero-order valence-electron chi connectivity index (χ0n) is 15.1. The molecule has 1 amide bonds. The van der Waals surface area contributed by atoms with Gasteiger partial charge >= 0.3 is 0 Å². The molecule has 0 spiro atoms. The summed E-state index contributed by atoms with van der Waals surface area (Å²) in [4.78, 5) is 14.6. The Morgan fingerprint density at radius 3 is 2.56 bits per heavy atom. The molecular formula is C19H26N4OS. The largest absolute Gasteiger partial charge is 0.342 e. The van der Waals surface area contributed by atoms with Gasteiger partial charge in [-0.25, -0.2) is 0 Å². The van der Waals surface area contributed by atoms with Crippen molar-refractivity contribution in [2.45, 2.75) is 51.1 Å². The summed E-state index contributed by atoms with van der Waals surface area (Å²) in [7, 11) is 0. The maximum Gasteiger partial charge on any atom is 0.233 e. The molecule has 1 aromatic heterocycles. The van der Waals surface area contributed by atoms with Gasteiger partial charge in [-0.15, -0.1) is 10.2 Å². The third-order valence-corrected chi connectivity index (χ3v) is 5.59. The normalized spacial score (nSPS) is 15.7. The van der Waals surface area contributed by atoms with E-state index in [1.54, 1.807) is 6.33 Å². The number of aromatic nitrogens is 3. The molecule has 1 fully saturated rings. The first kappa shape index (κ1) is 18.0. The van der Waals surface area contributed by atoms with Crippen molar-refractivity contribution in [3.8, 4) is 5.69 Å². The monoisotopic (exact) mass is 358 g/mol. The molecule has 134 valence electrons. The molecule has 25 heavy (non-hydrogen) atoms. The number of nitrogens with zero attached hydrogens (tertiary/aromatic N) is 4. The van der Waals surface area contributed by atoms with Crippen LogP contribution in [0.3, 0.4) is 0 Å². The van der Waals surface area contributed by atoms with Gasteiger partial charge in [-0.2, -0.15) is 0 Å². The second-order valence-corrected chi connectivity index (χ2v) is 7.65. The molecule has 2 aromatic rings. The van der Waals surface area contributed by atoms with E-state index in [4.69, 9.17) is 0 Å². The topological polar surface area (TPSA) is 51.0 Å². The first-order valence-corrected chi connectivity index (χ1v) is 10.0. The van der Waals surface area contributed by atoms with E-state index in [1.165, 1.54) is 42.2 Å². The van der Waals surface area contributed by atoms with Crippen molar-refractivity contribution >= 4 is 17.7 Å². The van der Waals surface area contributed by atoms with Crippen molar-refractivity contribution in [1.29, 1.82) is 0 Å². The van der Waals surface area contributed by atoms with Gasteiger partial charge in [0.1, 0.15) is 6.33 Å². The lowest BCUT2D eigenvalue weighted by Gasteiger charge is -2.24. The van der Waals surface area contributed by atoms with Gasteiger partial charge in [0, 0.05) is 13.1 Å². The zero-order chi connectivity index (χ0) is 17.6. The summed E-state index contributed by atoms with van der Waals surface area (Å²) in [6.07, 6.45) is 7.73. The third kappa shape index (κ3) is 4.63. The quantitative estimate of drug-likeness (QED) is 0.781. The minimum atomic E-state index is 0.210. The summed E-state index contributed by atoms with van der Waals surface area (Å²) >= 11 is 1.47. The average Bonchev–Trinajstić information content (AvgIpc) is 3.00. The lowest BCUT2D eigenvalue weighted by molar-refractivity contribution is -0.128. The van der Waals surface area contributed by atoms with Crippen molar-refractivity contribution in [3.05, 3.63) is 35.7 Å². The molecule has 3 rings (SSSR count). The number of rotatable bonds is 4. The standard InChI is InChI=1S/C19H26N4OS/c1-15-8-9-17(16(2)12-15)23-14-20-21-19(23)25-13-18(24)22-10-6-4-3-5-7-11-22/h8-9,12,14H,3-7,10-11,13H2,1-2H3. The summed E-state index contributed by atoms with van der Waals surface area (Å²) in [6.45, 7) is 5.95. The number of carbonyl (C=O) groups is 1. The molecule has 1 aliphatic rings. The van der Waals surface area contributed by atoms with Crippen LogP contribution in [0.15, 0.2) is 29.7 Å². The van der Waals surface area contributed by atoms with E-state index >= 15 is 0 Å². The number of aryl methyl sites for hydroxylation is 2. The fourth-order valence-electron chi connectivity index (χ4n) is 3.28. The lowest BCUT2D eigenvalue weighted by Crippen LogP contribution is -2.35. The fraction of sp³-hybridized carbons (Fsp3) is 0.526. The summed E-state index contributed by atoms with van der Waals surface area (Å²) < 4.78 is 1.97. The van der Waals surface area contributed by atoms with Gasteiger partial charge in [0.2, 0.25) is 5.91 Å². The van der Waals surface area contributed by atoms with Gasteiger partial charge in [-0.3, -0.25) is 9.36 Å². The second kappa shape index (κ2) is 8.52. The number of likely N-dealkylation sites (tertiary alicyclic amines) is 1. The Balaban J connectivity index is 1.66. The van der Waals surface area contributed by atoms with E-state index in [2.05, 4.69) is 42.2 Å². The van der Waals surface area contributed by atoms with E-state index in [0.29, 0.717) is 5.75 Å². The van der Waals surface area contributed by atoms with Crippen molar-refractivity contribution in [2.75, 3.05) is 18.8 Å². The number of thioether (sulfide) groups is 1. The first-order valence-electron chi connectivity index (χ1n) is 9.03. The Morgan fingerprint density at radius 2 is 1.84 bits per heavy atom. The van der Waals surface area contributed by atoms with Crippen LogP contribution in [0.25, 0.3) is 5.69 Å². The van der Waals surface area contributed by atoms with Gasteiger partial charge in [-0.1, -0.05) is 48.7 Å². The molecular weight excluding hydrogens is 332 g/mol. The van der Waals surface area contributed by atoms with Crippen LogP contribution in [0.1, 0.15) is 43.2 Å². The van der Waals surface area contributed by atoms with Crippen molar-refractivity contribution in [2.24, 2.45) is 0 Å². The van der Waals surface area contributed by atoms with Crippen molar-refractivity contribution < 1.29 is 4.79 Å². The number of benzene rings is 1. The Hall–Kier alpha value is -1.82. The van der Waals surface area contributed by atoms with Crippen LogP contribution in [0.4, 0.5) is 0 Å². The summed E-state index contributed by atoms with van der Waals surface area (Å²) in [6, 6.07) is 6.31. The molecule has 0 radical (unpaired) electrons. The summed E-state index contributed by atoms with van der Waals surface area (Å²) in [5.74, 6) is 0.630. The van der Waals surface area contributed by atoms with Gasteiger partial charge in [0.15, 0.2) is 5.16 Å². The molecule has 0 saturated carbocycles. The zero-order valence-corrected chi connectivity index (χ0v) is 15.9. The van der Waals surface area contributed by atoms with Crippen LogP contribution in [-0.4, -0.2) is 44.4 Å². The van der Waals surface area contributed by atoms with Crippen LogP contribution in [0.5, 0.6) is 0 Å². The lowest BCUT2D eigenvalue weighted by atomic mass is 10.1. The number of hydrogen-bond donors (Lipinski definition) is 0. The Labute approximate surface area is 153 Å². The molecule has 5 nitrogen and oxygen atoms in total. The number of amides is 1. The smallest absolute Gasteiger partial charge is 0.233 e. The third-order valence-electron chi connectivity index (χ3n) is 4.66. The molecule has 1 saturated heterocycles. The molecule has 0 aliphatic carbocycles. The number of hydrogen-bond acceptors (Lipinski definition) is 4. The molecule has 6 heteroatoms. The minimum absolute atomic E-state index is 0.210. The second-order valence-electron chi connectivity index (χ2n) is 6.71. The molecule has 1 aromatic carbocycles. The molecule has 2 heterocycles. The Kier molecular flexibility index (Phi) is 6.13. The molecule has 1 aliphatic heterocycles. The van der Waals surface area contributed by atoms with Gasteiger partial charge < -0.3 is 4.90 Å². The molecule has 0 N–H and O–H groups in total. The predicted molar refractivity (Wildman–Crippen MR) is 101 cm³/mol. The van der Waals surface area contributed by atoms with E-state index in [1.807, 2.05) is 9.47 Å². The van der Waals surface area contributed by atoms with Crippen LogP contribution >= 0.6 is 11.8 Å². The highest BCUT2D eigenvalue weighted by atomic mass is 32.2. The molecule has 0 bridgehead atoms. The maximum absolute atomic E-state index is 12.6. The van der Waals surface area contributed by atoms with E-state index < -0.39 is 0 Å². The minimum Gasteiger partial charge on any atom is -0.342 e. The van der Waals surface area contributed by atoms with Crippen LogP contribution < -0.4 is 0 Å². The predicted octanol–water partition coefficient (Wildman–Crippen LogP) is 3.77. The highest BCUT2D eigenvalue weighted by Gasteiger charge is 2.17. The Morgan fingerprint density at radius 1 is 1.12 bits per heavy atom. The van der Waals surface area contributed by atoms with Gasteiger partial charge in [-0.05, 0) is 38.3 Å². The Bertz CT molecular complexity index is 720. The van der Waals surface area contributed by atoms with Crippen LogP contribution in [-0.2, 0) is 4.79 Å². The summed E-state index contributed by atoms with van der Waals surface area (Å²) in [5, 5.41) is 9.03. The highest BCUT2D eigenvalue weighted by molar-refractivity contribution is 7.99. The summed E-state index contributed by atoms with van der Waals surface area (Å²) in [5.41, 5.74) is 3.48. The van der Waals surface area contributed by atoms with E-state index in [-0.39, 0.29) is 5.91 Å². The van der Waals surface area contributed by atoms with Crippen molar-refractivity contribution in [1.82, 2.24) is 19.7 Å². The highest BCUT2D eigenvalue weighted by Crippen LogP contribution is 2.23. The van der Waals surface area contributed by atoms with E-state index in [9.17, 15) is 4.79 Å². The van der Waals surface area contributed by atoms with E-state index in [0.717, 1.165) is 36.8 Å².